The van der Waals surface area contributed by atoms with Crippen LogP contribution in [-0.4, -0.2) is 25.0 Å². The Kier molecular flexibility index (Phi) is 4.12. The van der Waals surface area contributed by atoms with Gasteiger partial charge in [-0.25, -0.2) is 4.39 Å². The fourth-order valence-corrected chi connectivity index (χ4v) is 0.735. The molecule has 0 heterocycles. The first-order valence-electron chi connectivity index (χ1n) is 3.44. The molecule has 0 saturated heterocycles. The molecule has 100 valence electrons. The van der Waals surface area contributed by atoms with Crippen LogP contribution in [-0.2, 0) is 0 Å². The normalized spacial score (nSPS) is 15.7. The number of halogens is 11. The highest BCUT2D eigenvalue weighted by Crippen LogP contribution is 2.40. The minimum absolute atomic E-state index is 3.96. The molecule has 0 bridgehead atoms. The second-order valence-electron chi connectivity index (χ2n) is 2.68. The van der Waals surface area contributed by atoms with E-state index in [-0.39, 0.29) is 0 Å². The number of hydrogen-bond acceptors (Lipinski definition) is 0. The Hall–Kier alpha value is -0.965. The van der Waals surface area contributed by atoms with Crippen molar-refractivity contribution in [2.24, 2.45) is 0 Å². The topological polar surface area (TPSA) is 0 Å². The summed E-state index contributed by atoms with van der Waals surface area (Å²) < 4.78 is 129. The fraction of sp³-hybridized carbons (Fsp3) is 0.600. The van der Waals surface area contributed by atoms with Gasteiger partial charge in [-0.15, -0.1) is 0 Å². The standard InChI is InChI=1S/C5BF11/c7-1(3(9,10)11)2(8)6(4(12,13)14)5(15,16)17/b2-1+. The summed E-state index contributed by atoms with van der Waals surface area (Å²) in [7, 11) is 0. The lowest BCUT2D eigenvalue weighted by atomic mass is 9.46. The molecule has 0 rings (SSSR count). The molecule has 0 aromatic rings. The van der Waals surface area contributed by atoms with Gasteiger partial charge in [0.2, 0.25) is 5.83 Å². The van der Waals surface area contributed by atoms with Crippen LogP contribution in [0.25, 0.3) is 0 Å². The van der Waals surface area contributed by atoms with Gasteiger partial charge in [-0.05, 0) is 0 Å². The summed E-state index contributed by atoms with van der Waals surface area (Å²) >= 11 is 0. The highest BCUT2D eigenvalue weighted by molar-refractivity contribution is 6.69. The molecule has 0 aromatic carbocycles. The molecule has 0 N–H and O–H groups in total. The molecule has 0 amide bonds. The van der Waals surface area contributed by atoms with Gasteiger partial charge in [0.05, 0.1) is 0 Å². The van der Waals surface area contributed by atoms with Gasteiger partial charge in [0.15, 0.2) is 0 Å². The quantitative estimate of drug-likeness (QED) is 0.504. The van der Waals surface area contributed by atoms with Crippen molar-refractivity contribution in [3.8, 4) is 0 Å². The highest BCUT2D eigenvalue weighted by Gasteiger charge is 2.66. The van der Waals surface area contributed by atoms with Crippen molar-refractivity contribution in [3.05, 3.63) is 11.6 Å². The Bertz CT molecular complexity index is 289. The largest absolute Gasteiger partial charge is 0.467 e. The molecule has 0 fully saturated rings. The van der Waals surface area contributed by atoms with Crippen LogP contribution in [0.3, 0.4) is 0 Å². The minimum atomic E-state index is -6.43. The maximum absolute atomic E-state index is 12.3. The molecular formula is C5BF11. The zero-order valence-corrected chi connectivity index (χ0v) is 7.23. The van der Waals surface area contributed by atoms with Gasteiger partial charge in [0, 0.05) is 0 Å². The molecule has 0 saturated carbocycles. The molecule has 0 nitrogen and oxygen atoms in total. The van der Waals surface area contributed by atoms with Crippen molar-refractivity contribution in [1.82, 2.24) is 0 Å². The van der Waals surface area contributed by atoms with Gasteiger partial charge in [0.25, 0.3) is 0 Å². The molecule has 0 atom stereocenters. The summed E-state index contributed by atoms with van der Waals surface area (Å²) in [5, 5.41) is 0. The Morgan fingerprint density at radius 3 is 1.12 bits per heavy atom. The SMILES string of the molecule is F/C(B(C(F)(F)F)C(F)(F)F)=C(/F)C(F)(F)F. The van der Waals surface area contributed by atoms with Crippen LogP contribution >= 0.6 is 0 Å². The fourth-order valence-electron chi connectivity index (χ4n) is 0.735. The first kappa shape index (κ1) is 16.0. The van der Waals surface area contributed by atoms with E-state index in [1.165, 1.54) is 0 Å². The van der Waals surface area contributed by atoms with E-state index in [0.717, 1.165) is 0 Å². The van der Waals surface area contributed by atoms with E-state index in [9.17, 15) is 48.3 Å². The van der Waals surface area contributed by atoms with Crippen molar-refractivity contribution < 1.29 is 48.3 Å². The Morgan fingerprint density at radius 2 is 0.941 bits per heavy atom. The van der Waals surface area contributed by atoms with Crippen molar-refractivity contribution in [3.63, 3.8) is 0 Å². The second-order valence-corrected chi connectivity index (χ2v) is 2.68. The van der Waals surface area contributed by atoms with Crippen LogP contribution in [0.1, 0.15) is 0 Å². The molecule has 0 aliphatic rings. The third kappa shape index (κ3) is 4.08. The monoisotopic (exact) mass is 280 g/mol. The number of alkyl halides is 9. The Labute approximate surface area is 86.2 Å². The van der Waals surface area contributed by atoms with E-state index >= 15 is 0 Å². The van der Waals surface area contributed by atoms with Gasteiger partial charge >= 0.3 is 25.0 Å². The average Bonchev–Trinajstić information content (AvgIpc) is 1.94. The van der Waals surface area contributed by atoms with Crippen LogP contribution in [0.4, 0.5) is 48.3 Å². The van der Waals surface area contributed by atoms with E-state index in [4.69, 9.17) is 0 Å². The van der Waals surface area contributed by atoms with Gasteiger partial charge in [0.1, 0.15) is 5.73 Å². The maximum atomic E-state index is 12.3. The van der Waals surface area contributed by atoms with Gasteiger partial charge in [-0.3, -0.25) is 0 Å². The van der Waals surface area contributed by atoms with Crippen LogP contribution in [0.5, 0.6) is 0 Å². The first-order valence-corrected chi connectivity index (χ1v) is 3.44. The van der Waals surface area contributed by atoms with Crippen molar-refractivity contribution in [2.45, 2.75) is 18.3 Å². The smallest absolute Gasteiger partial charge is 0.219 e. The van der Waals surface area contributed by atoms with Crippen molar-refractivity contribution in [2.75, 3.05) is 0 Å². The molecule has 17 heavy (non-hydrogen) atoms. The van der Waals surface area contributed by atoms with E-state index in [1.807, 2.05) is 0 Å². The second kappa shape index (κ2) is 4.37. The molecule has 0 spiro atoms. The minimum Gasteiger partial charge on any atom is -0.219 e. The average molecular weight is 280 g/mol. The predicted molar refractivity (Wildman–Crippen MR) is 33.2 cm³/mol. The van der Waals surface area contributed by atoms with Crippen LogP contribution < -0.4 is 0 Å². The Balaban J connectivity index is 5.69. The van der Waals surface area contributed by atoms with Gasteiger partial charge in [-0.2, -0.15) is 43.9 Å². The first-order chi connectivity index (χ1) is 7.19. The molecule has 0 aliphatic heterocycles. The van der Waals surface area contributed by atoms with Crippen molar-refractivity contribution in [1.29, 1.82) is 0 Å². The lowest BCUT2D eigenvalue weighted by Crippen LogP contribution is -2.49. The summed E-state index contributed by atoms with van der Waals surface area (Å²) in [6.07, 6.45) is -19.1. The zero-order chi connectivity index (χ0) is 14.2. The summed E-state index contributed by atoms with van der Waals surface area (Å²) in [6, 6.07) is 0. The summed E-state index contributed by atoms with van der Waals surface area (Å²) in [5.74, 6) is -4.06. The number of hydrogen-bond donors (Lipinski definition) is 0. The third-order valence-corrected chi connectivity index (χ3v) is 1.37. The lowest BCUT2D eigenvalue weighted by Gasteiger charge is -2.18. The van der Waals surface area contributed by atoms with Crippen LogP contribution in [0.2, 0.25) is 0 Å². The number of allylic oxidation sites excluding steroid dienone is 1. The molecule has 0 aromatic heterocycles. The predicted octanol–water partition coefficient (Wildman–Crippen LogP) is 3.94. The summed E-state index contributed by atoms with van der Waals surface area (Å²) in [4.78, 5) is 0. The highest BCUT2D eigenvalue weighted by atomic mass is 19.4. The maximum Gasteiger partial charge on any atom is 0.467 e. The van der Waals surface area contributed by atoms with Gasteiger partial charge in [-0.1, -0.05) is 0 Å². The van der Waals surface area contributed by atoms with E-state index in [2.05, 4.69) is 0 Å². The molecule has 12 heteroatoms. The zero-order valence-electron chi connectivity index (χ0n) is 7.23. The third-order valence-electron chi connectivity index (χ3n) is 1.37. The van der Waals surface area contributed by atoms with Crippen molar-refractivity contribution >= 4 is 6.71 Å². The van der Waals surface area contributed by atoms with Gasteiger partial charge < -0.3 is 0 Å². The number of rotatable bonds is 1. The lowest BCUT2D eigenvalue weighted by molar-refractivity contribution is -0.114. The summed E-state index contributed by atoms with van der Waals surface area (Å²) in [5.41, 5.74) is -3.96. The summed E-state index contributed by atoms with van der Waals surface area (Å²) in [6.45, 7) is -5.14. The van der Waals surface area contributed by atoms with E-state index < -0.39 is 36.6 Å². The van der Waals surface area contributed by atoms with E-state index in [0.29, 0.717) is 0 Å². The Morgan fingerprint density at radius 1 is 0.647 bits per heavy atom. The molecule has 0 unspecified atom stereocenters. The van der Waals surface area contributed by atoms with Crippen LogP contribution in [0.15, 0.2) is 11.6 Å². The molecule has 0 radical (unpaired) electrons. The molecule has 0 aliphatic carbocycles. The van der Waals surface area contributed by atoms with Crippen LogP contribution in [0, 0.1) is 0 Å². The van der Waals surface area contributed by atoms with E-state index in [1.54, 1.807) is 0 Å². The molecular weight excluding hydrogens is 280 g/mol.